The van der Waals surface area contributed by atoms with Gasteiger partial charge in [-0.2, -0.15) is 0 Å². The SMILES string of the molecule is COCCCC(NC(=O)Cc1ccc(C)cc1)C(=O)O. The minimum absolute atomic E-state index is 0.189. The molecule has 20 heavy (non-hydrogen) atoms. The summed E-state index contributed by atoms with van der Waals surface area (Å²) in [5, 5.41) is 11.6. The van der Waals surface area contributed by atoms with Crippen LogP contribution in [-0.4, -0.2) is 36.7 Å². The van der Waals surface area contributed by atoms with E-state index in [0.29, 0.717) is 19.4 Å². The number of carbonyl (C=O) groups excluding carboxylic acids is 1. The number of aliphatic carboxylic acids is 1. The van der Waals surface area contributed by atoms with Gasteiger partial charge in [0, 0.05) is 13.7 Å². The molecule has 0 heterocycles. The van der Waals surface area contributed by atoms with E-state index in [2.05, 4.69) is 5.32 Å². The molecule has 1 rings (SSSR count). The molecule has 1 aromatic rings. The van der Waals surface area contributed by atoms with Crippen molar-refractivity contribution in [1.29, 1.82) is 0 Å². The summed E-state index contributed by atoms with van der Waals surface area (Å²) in [5.74, 6) is -1.29. The fourth-order valence-corrected chi connectivity index (χ4v) is 1.83. The Morgan fingerprint density at radius 1 is 1.30 bits per heavy atom. The van der Waals surface area contributed by atoms with Gasteiger partial charge in [0.2, 0.25) is 5.91 Å². The highest BCUT2D eigenvalue weighted by atomic mass is 16.5. The van der Waals surface area contributed by atoms with Crippen molar-refractivity contribution >= 4 is 11.9 Å². The molecule has 0 saturated carbocycles. The van der Waals surface area contributed by atoms with Crippen molar-refractivity contribution < 1.29 is 19.4 Å². The highest BCUT2D eigenvalue weighted by molar-refractivity contribution is 5.84. The van der Waals surface area contributed by atoms with E-state index >= 15 is 0 Å². The Hall–Kier alpha value is -1.88. The van der Waals surface area contributed by atoms with Gasteiger partial charge in [-0.05, 0) is 25.3 Å². The Morgan fingerprint density at radius 3 is 2.50 bits per heavy atom. The molecule has 0 bridgehead atoms. The Labute approximate surface area is 118 Å². The van der Waals surface area contributed by atoms with Crippen LogP contribution in [0.25, 0.3) is 0 Å². The molecule has 0 saturated heterocycles. The summed E-state index contributed by atoms with van der Waals surface area (Å²) >= 11 is 0. The molecular formula is C15H21NO4. The average molecular weight is 279 g/mol. The zero-order valence-electron chi connectivity index (χ0n) is 11.9. The number of amides is 1. The second-order valence-electron chi connectivity index (χ2n) is 4.76. The molecule has 1 atom stereocenters. The number of hydrogen-bond acceptors (Lipinski definition) is 3. The van der Waals surface area contributed by atoms with E-state index in [1.165, 1.54) is 0 Å². The molecule has 1 unspecified atom stereocenters. The Morgan fingerprint density at radius 2 is 1.95 bits per heavy atom. The van der Waals surface area contributed by atoms with Crippen LogP contribution in [0.1, 0.15) is 24.0 Å². The molecule has 5 heteroatoms. The topological polar surface area (TPSA) is 75.6 Å². The highest BCUT2D eigenvalue weighted by Gasteiger charge is 2.19. The van der Waals surface area contributed by atoms with Crippen LogP contribution in [0.5, 0.6) is 0 Å². The van der Waals surface area contributed by atoms with E-state index in [0.717, 1.165) is 11.1 Å². The highest BCUT2D eigenvalue weighted by Crippen LogP contribution is 2.05. The number of benzene rings is 1. The largest absolute Gasteiger partial charge is 0.480 e. The van der Waals surface area contributed by atoms with Crippen LogP contribution in [0.3, 0.4) is 0 Å². The van der Waals surface area contributed by atoms with Gasteiger partial charge in [-0.25, -0.2) is 4.79 Å². The predicted molar refractivity (Wildman–Crippen MR) is 75.6 cm³/mol. The van der Waals surface area contributed by atoms with Gasteiger partial charge in [0.1, 0.15) is 6.04 Å². The summed E-state index contributed by atoms with van der Waals surface area (Å²) in [7, 11) is 1.56. The van der Waals surface area contributed by atoms with Crippen molar-refractivity contribution in [3.05, 3.63) is 35.4 Å². The van der Waals surface area contributed by atoms with Crippen molar-refractivity contribution in [2.45, 2.75) is 32.2 Å². The summed E-state index contributed by atoms with van der Waals surface area (Å²) in [6.07, 6.45) is 1.15. The monoisotopic (exact) mass is 279 g/mol. The van der Waals surface area contributed by atoms with Gasteiger partial charge in [0.25, 0.3) is 0 Å². The fourth-order valence-electron chi connectivity index (χ4n) is 1.83. The number of nitrogens with one attached hydrogen (secondary N) is 1. The summed E-state index contributed by atoms with van der Waals surface area (Å²) in [5.41, 5.74) is 1.99. The molecule has 0 aliphatic heterocycles. The second kappa shape index (κ2) is 8.32. The van der Waals surface area contributed by atoms with Crippen molar-refractivity contribution in [3.8, 4) is 0 Å². The number of carbonyl (C=O) groups is 2. The van der Waals surface area contributed by atoms with Gasteiger partial charge in [-0.1, -0.05) is 29.8 Å². The maximum Gasteiger partial charge on any atom is 0.326 e. The lowest BCUT2D eigenvalue weighted by molar-refractivity contribution is -0.142. The lowest BCUT2D eigenvalue weighted by Crippen LogP contribution is -2.41. The predicted octanol–water partition coefficient (Wildman–Crippen LogP) is 1.53. The first kappa shape index (κ1) is 16.2. The first-order valence-electron chi connectivity index (χ1n) is 6.59. The quantitative estimate of drug-likeness (QED) is 0.708. The number of ether oxygens (including phenoxy) is 1. The Bertz CT molecular complexity index is 442. The van der Waals surface area contributed by atoms with Gasteiger partial charge in [0.15, 0.2) is 0 Å². The van der Waals surface area contributed by atoms with Crippen LogP contribution >= 0.6 is 0 Å². The van der Waals surface area contributed by atoms with E-state index in [4.69, 9.17) is 9.84 Å². The maximum atomic E-state index is 11.8. The molecule has 110 valence electrons. The molecule has 2 N–H and O–H groups in total. The summed E-state index contributed by atoms with van der Waals surface area (Å²) in [6.45, 7) is 2.46. The second-order valence-corrected chi connectivity index (χ2v) is 4.76. The summed E-state index contributed by atoms with van der Waals surface area (Å²) in [4.78, 5) is 22.9. The third-order valence-electron chi connectivity index (χ3n) is 2.96. The third-order valence-corrected chi connectivity index (χ3v) is 2.96. The average Bonchev–Trinajstić information content (AvgIpc) is 2.40. The number of aryl methyl sites for hydroxylation is 1. The van der Waals surface area contributed by atoms with Gasteiger partial charge < -0.3 is 15.2 Å². The lowest BCUT2D eigenvalue weighted by Gasteiger charge is -2.14. The third kappa shape index (κ3) is 5.84. The fraction of sp³-hybridized carbons (Fsp3) is 0.467. The molecule has 5 nitrogen and oxygen atoms in total. The molecule has 0 aromatic heterocycles. The van der Waals surface area contributed by atoms with E-state index < -0.39 is 12.0 Å². The van der Waals surface area contributed by atoms with Crippen LogP contribution < -0.4 is 5.32 Å². The molecule has 1 amide bonds. The zero-order chi connectivity index (χ0) is 15.0. The summed E-state index contributed by atoms with van der Waals surface area (Å²) < 4.78 is 4.88. The maximum absolute atomic E-state index is 11.8. The Balaban J connectivity index is 2.48. The van der Waals surface area contributed by atoms with Crippen LogP contribution in [0, 0.1) is 6.92 Å². The summed E-state index contributed by atoms with van der Waals surface area (Å²) in [6, 6.07) is 6.74. The number of methoxy groups -OCH3 is 1. The standard InChI is InChI=1S/C15H21NO4/c1-11-5-7-12(8-6-11)10-14(17)16-13(15(18)19)4-3-9-20-2/h5-8,13H,3-4,9-10H2,1-2H3,(H,16,17)(H,18,19). The van der Waals surface area contributed by atoms with E-state index in [-0.39, 0.29) is 12.3 Å². The molecule has 0 aliphatic rings. The van der Waals surface area contributed by atoms with Gasteiger partial charge in [-0.3, -0.25) is 4.79 Å². The normalized spacial score (nSPS) is 11.9. The van der Waals surface area contributed by atoms with E-state index in [1.807, 2.05) is 31.2 Å². The molecule has 0 aliphatic carbocycles. The van der Waals surface area contributed by atoms with Crippen LogP contribution in [0.4, 0.5) is 0 Å². The molecular weight excluding hydrogens is 258 g/mol. The molecule has 0 fully saturated rings. The number of carboxylic acid groups (broad SMARTS) is 1. The van der Waals surface area contributed by atoms with Crippen molar-refractivity contribution in [2.24, 2.45) is 0 Å². The molecule has 1 aromatic carbocycles. The van der Waals surface area contributed by atoms with Crippen molar-refractivity contribution in [3.63, 3.8) is 0 Å². The van der Waals surface area contributed by atoms with Gasteiger partial charge >= 0.3 is 5.97 Å². The van der Waals surface area contributed by atoms with E-state index in [9.17, 15) is 9.59 Å². The van der Waals surface area contributed by atoms with Crippen LogP contribution in [-0.2, 0) is 20.7 Å². The number of carboxylic acids is 1. The lowest BCUT2D eigenvalue weighted by atomic mass is 10.1. The van der Waals surface area contributed by atoms with Gasteiger partial charge in [0.05, 0.1) is 6.42 Å². The smallest absolute Gasteiger partial charge is 0.326 e. The molecule has 0 spiro atoms. The molecule has 0 radical (unpaired) electrons. The van der Waals surface area contributed by atoms with Gasteiger partial charge in [-0.15, -0.1) is 0 Å². The zero-order valence-corrected chi connectivity index (χ0v) is 11.9. The first-order valence-corrected chi connectivity index (χ1v) is 6.59. The minimum atomic E-state index is -1.02. The minimum Gasteiger partial charge on any atom is -0.480 e. The Kier molecular flexibility index (Phi) is 6.73. The number of rotatable bonds is 8. The van der Waals surface area contributed by atoms with E-state index in [1.54, 1.807) is 7.11 Å². The van der Waals surface area contributed by atoms with Crippen LogP contribution in [0.2, 0.25) is 0 Å². The van der Waals surface area contributed by atoms with Crippen molar-refractivity contribution in [2.75, 3.05) is 13.7 Å². The van der Waals surface area contributed by atoms with Crippen LogP contribution in [0.15, 0.2) is 24.3 Å². The van der Waals surface area contributed by atoms with Crippen molar-refractivity contribution in [1.82, 2.24) is 5.32 Å². The number of hydrogen-bond donors (Lipinski definition) is 2. The first-order chi connectivity index (χ1) is 9.52.